The molecule has 0 aliphatic carbocycles. The quantitative estimate of drug-likeness (QED) is 0.889. The largest absolute Gasteiger partial charge is 0.369 e. The molecule has 0 unspecified atom stereocenters. The molecule has 0 spiro atoms. The fraction of sp³-hybridized carbons (Fsp3) is 0.625. The van der Waals surface area contributed by atoms with E-state index < -0.39 is 0 Å². The third-order valence-corrected chi connectivity index (χ3v) is 4.24. The highest BCUT2D eigenvalue weighted by Crippen LogP contribution is 2.25. The van der Waals surface area contributed by atoms with Gasteiger partial charge in [0.2, 0.25) is 0 Å². The molecule has 1 fully saturated rings. The molecule has 0 radical (unpaired) electrons. The van der Waals surface area contributed by atoms with Crippen molar-refractivity contribution in [2.75, 3.05) is 44.7 Å². The lowest BCUT2D eigenvalue weighted by molar-refractivity contribution is 0.231. The zero-order valence-electron chi connectivity index (χ0n) is 12.8. The van der Waals surface area contributed by atoms with E-state index in [1.54, 1.807) is 0 Å². The van der Waals surface area contributed by atoms with E-state index in [4.69, 9.17) is 0 Å². The first-order valence-corrected chi connectivity index (χ1v) is 8.29. The molecule has 0 saturated carbocycles. The van der Waals surface area contributed by atoms with E-state index in [-0.39, 0.29) is 0 Å². The van der Waals surface area contributed by atoms with Crippen molar-refractivity contribution < 1.29 is 0 Å². The van der Waals surface area contributed by atoms with Crippen LogP contribution in [0.5, 0.6) is 0 Å². The SMILES string of the molecule is CNCc1cc(Br)ccc1N1CCN(CC(C)C)CC1. The van der Waals surface area contributed by atoms with E-state index in [0.29, 0.717) is 0 Å². The Morgan fingerprint density at radius 3 is 2.50 bits per heavy atom. The maximum Gasteiger partial charge on any atom is 0.0413 e. The van der Waals surface area contributed by atoms with Crippen LogP contribution in [0, 0.1) is 5.92 Å². The second-order valence-corrected chi connectivity index (χ2v) is 6.90. The Hall–Kier alpha value is -0.580. The van der Waals surface area contributed by atoms with Crippen molar-refractivity contribution in [1.29, 1.82) is 0 Å². The zero-order valence-corrected chi connectivity index (χ0v) is 14.4. The van der Waals surface area contributed by atoms with Gasteiger partial charge in [-0.05, 0) is 36.7 Å². The predicted molar refractivity (Wildman–Crippen MR) is 90.4 cm³/mol. The number of anilines is 1. The van der Waals surface area contributed by atoms with Crippen molar-refractivity contribution in [3.05, 3.63) is 28.2 Å². The van der Waals surface area contributed by atoms with E-state index in [0.717, 1.165) is 30.0 Å². The van der Waals surface area contributed by atoms with Crippen molar-refractivity contribution in [2.45, 2.75) is 20.4 Å². The van der Waals surface area contributed by atoms with Gasteiger partial charge in [0, 0.05) is 49.4 Å². The second kappa shape index (κ2) is 7.43. The maximum absolute atomic E-state index is 3.57. The van der Waals surface area contributed by atoms with Gasteiger partial charge in [-0.25, -0.2) is 0 Å². The van der Waals surface area contributed by atoms with E-state index in [1.807, 2.05) is 7.05 Å². The summed E-state index contributed by atoms with van der Waals surface area (Å²) in [6, 6.07) is 6.62. The molecular weight excluding hydrogens is 314 g/mol. The number of hydrogen-bond donors (Lipinski definition) is 1. The van der Waals surface area contributed by atoms with Crippen LogP contribution in [0.15, 0.2) is 22.7 Å². The number of hydrogen-bond acceptors (Lipinski definition) is 3. The Bertz CT molecular complexity index is 426. The molecular formula is C16H26BrN3. The lowest BCUT2D eigenvalue weighted by atomic mass is 10.1. The highest BCUT2D eigenvalue weighted by Gasteiger charge is 2.19. The van der Waals surface area contributed by atoms with Crippen LogP contribution in [0.4, 0.5) is 5.69 Å². The van der Waals surface area contributed by atoms with Crippen molar-refractivity contribution >= 4 is 21.6 Å². The minimum absolute atomic E-state index is 0.758. The number of nitrogens with zero attached hydrogens (tertiary/aromatic N) is 2. The molecule has 1 heterocycles. The van der Waals surface area contributed by atoms with Crippen LogP contribution in [0.3, 0.4) is 0 Å². The lowest BCUT2D eigenvalue weighted by Gasteiger charge is -2.37. The molecule has 1 aromatic rings. The highest BCUT2D eigenvalue weighted by molar-refractivity contribution is 9.10. The molecule has 112 valence electrons. The summed E-state index contributed by atoms with van der Waals surface area (Å²) in [5.41, 5.74) is 2.76. The number of piperazine rings is 1. The van der Waals surface area contributed by atoms with Gasteiger partial charge in [-0.2, -0.15) is 0 Å². The first-order valence-electron chi connectivity index (χ1n) is 7.50. The lowest BCUT2D eigenvalue weighted by Crippen LogP contribution is -2.47. The summed E-state index contributed by atoms with van der Waals surface area (Å²) in [5.74, 6) is 0.758. The monoisotopic (exact) mass is 339 g/mol. The van der Waals surface area contributed by atoms with Crippen molar-refractivity contribution in [2.24, 2.45) is 5.92 Å². The number of rotatable bonds is 5. The fourth-order valence-corrected chi connectivity index (χ4v) is 3.29. The van der Waals surface area contributed by atoms with Crippen LogP contribution in [0.25, 0.3) is 0 Å². The molecule has 1 N–H and O–H groups in total. The Labute approximate surface area is 131 Å². The molecule has 2 rings (SSSR count). The van der Waals surface area contributed by atoms with Gasteiger partial charge < -0.3 is 10.2 Å². The summed E-state index contributed by atoms with van der Waals surface area (Å²) >= 11 is 3.57. The fourth-order valence-electron chi connectivity index (χ4n) is 2.88. The predicted octanol–water partition coefficient (Wildman–Crippen LogP) is 2.95. The van der Waals surface area contributed by atoms with Crippen LogP contribution in [0.2, 0.25) is 0 Å². The van der Waals surface area contributed by atoms with Crippen molar-refractivity contribution in [3.63, 3.8) is 0 Å². The van der Waals surface area contributed by atoms with Gasteiger partial charge in [0.15, 0.2) is 0 Å². The first kappa shape index (κ1) is 15.8. The van der Waals surface area contributed by atoms with Crippen LogP contribution < -0.4 is 10.2 Å². The van der Waals surface area contributed by atoms with Gasteiger partial charge in [-0.1, -0.05) is 29.8 Å². The third-order valence-electron chi connectivity index (χ3n) is 3.75. The molecule has 0 atom stereocenters. The van der Waals surface area contributed by atoms with Crippen molar-refractivity contribution in [3.8, 4) is 0 Å². The molecule has 3 nitrogen and oxygen atoms in total. The summed E-state index contributed by atoms with van der Waals surface area (Å²) in [6.07, 6.45) is 0. The van der Waals surface area contributed by atoms with Crippen LogP contribution >= 0.6 is 15.9 Å². The minimum Gasteiger partial charge on any atom is -0.369 e. The highest BCUT2D eigenvalue weighted by atomic mass is 79.9. The molecule has 1 saturated heterocycles. The number of halogens is 1. The van der Waals surface area contributed by atoms with Gasteiger partial charge in [-0.15, -0.1) is 0 Å². The summed E-state index contributed by atoms with van der Waals surface area (Å²) in [5, 5.41) is 3.27. The molecule has 0 bridgehead atoms. The third kappa shape index (κ3) is 4.21. The minimum atomic E-state index is 0.758. The topological polar surface area (TPSA) is 18.5 Å². The molecule has 1 aromatic carbocycles. The van der Waals surface area contributed by atoms with E-state index in [2.05, 4.69) is 63.1 Å². The molecule has 0 amide bonds. The zero-order chi connectivity index (χ0) is 14.5. The molecule has 1 aliphatic rings. The van der Waals surface area contributed by atoms with Gasteiger partial charge in [-0.3, -0.25) is 4.90 Å². The number of nitrogens with one attached hydrogen (secondary N) is 1. The van der Waals surface area contributed by atoms with E-state index in [9.17, 15) is 0 Å². The maximum atomic E-state index is 3.57. The average molecular weight is 340 g/mol. The summed E-state index contributed by atoms with van der Waals surface area (Å²) < 4.78 is 1.16. The van der Waals surface area contributed by atoms with Crippen LogP contribution in [-0.4, -0.2) is 44.7 Å². The Morgan fingerprint density at radius 2 is 1.90 bits per heavy atom. The second-order valence-electron chi connectivity index (χ2n) is 5.98. The van der Waals surface area contributed by atoms with Gasteiger partial charge in [0.25, 0.3) is 0 Å². The molecule has 20 heavy (non-hydrogen) atoms. The molecule has 1 aliphatic heterocycles. The summed E-state index contributed by atoms with van der Waals surface area (Å²) in [6.45, 7) is 11.3. The normalized spacial score (nSPS) is 16.9. The standard InChI is InChI=1S/C16H26BrN3/c1-13(2)12-19-6-8-20(9-7-19)16-5-4-15(17)10-14(16)11-18-3/h4-5,10,13,18H,6-9,11-12H2,1-3H3. The van der Waals surface area contributed by atoms with Crippen molar-refractivity contribution in [1.82, 2.24) is 10.2 Å². The van der Waals surface area contributed by atoms with Crippen LogP contribution in [-0.2, 0) is 6.54 Å². The van der Waals surface area contributed by atoms with E-state index >= 15 is 0 Å². The summed E-state index contributed by atoms with van der Waals surface area (Å²) in [4.78, 5) is 5.10. The van der Waals surface area contributed by atoms with Gasteiger partial charge in [0.1, 0.15) is 0 Å². The molecule has 4 heteroatoms. The van der Waals surface area contributed by atoms with Gasteiger partial charge in [0.05, 0.1) is 0 Å². The Morgan fingerprint density at radius 1 is 1.20 bits per heavy atom. The Balaban J connectivity index is 2.03. The van der Waals surface area contributed by atoms with E-state index in [1.165, 1.54) is 30.9 Å². The first-order chi connectivity index (χ1) is 9.60. The smallest absolute Gasteiger partial charge is 0.0413 e. The number of benzene rings is 1. The van der Waals surface area contributed by atoms with Crippen LogP contribution in [0.1, 0.15) is 19.4 Å². The average Bonchev–Trinajstić information content (AvgIpc) is 2.40. The molecule has 0 aromatic heterocycles. The Kier molecular flexibility index (Phi) is 5.87. The summed E-state index contributed by atoms with van der Waals surface area (Å²) in [7, 11) is 2.01. The van der Waals surface area contributed by atoms with Gasteiger partial charge >= 0.3 is 0 Å².